The zero-order valence-electron chi connectivity index (χ0n) is 27.1. The molecular weight excluding hydrogens is 609 g/mol. The van der Waals surface area contributed by atoms with Crippen LogP contribution in [0.15, 0.2) is 182 Å². The van der Waals surface area contributed by atoms with Crippen molar-refractivity contribution in [2.75, 3.05) is 0 Å². The van der Waals surface area contributed by atoms with Gasteiger partial charge in [0.25, 0.3) is 0 Å². The molecule has 0 radical (unpaired) electrons. The van der Waals surface area contributed by atoms with Crippen LogP contribution in [-0.2, 0) is 0 Å². The minimum absolute atomic E-state index is 0.693. The molecule has 0 bridgehead atoms. The van der Waals surface area contributed by atoms with E-state index in [1.165, 1.54) is 38.1 Å². The smallest absolute Gasteiger partial charge is 0.160 e. The average molecular weight is 639 g/mol. The van der Waals surface area contributed by atoms with Crippen LogP contribution < -0.4 is 0 Å². The van der Waals surface area contributed by atoms with Crippen molar-refractivity contribution in [3.05, 3.63) is 182 Å². The lowest BCUT2D eigenvalue weighted by molar-refractivity contribution is 1.16. The Hall–Kier alpha value is -6.78. The van der Waals surface area contributed by atoms with Gasteiger partial charge in [-0.1, -0.05) is 133 Å². The average Bonchev–Trinajstić information content (AvgIpc) is 3.72. The van der Waals surface area contributed by atoms with E-state index >= 15 is 0 Å². The third kappa shape index (κ3) is 4.46. The summed E-state index contributed by atoms with van der Waals surface area (Å²) in [6.07, 6.45) is 0. The van der Waals surface area contributed by atoms with E-state index in [1.807, 2.05) is 12.1 Å². The Morgan fingerprint density at radius 3 is 1.56 bits per heavy atom. The highest BCUT2D eigenvalue weighted by molar-refractivity contribution is 6.26. The lowest BCUT2D eigenvalue weighted by atomic mass is 10.1. The van der Waals surface area contributed by atoms with E-state index in [4.69, 9.17) is 9.97 Å². The van der Waals surface area contributed by atoms with Gasteiger partial charge >= 0.3 is 0 Å². The molecule has 3 heterocycles. The van der Waals surface area contributed by atoms with Crippen LogP contribution in [0.3, 0.4) is 0 Å². The molecule has 0 saturated heterocycles. The first-order valence-corrected chi connectivity index (χ1v) is 16.9. The molecule has 50 heavy (non-hydrogen) atoms. The number of aromatic nitrogens is 4. The van der Waals surface area contributed by atoms with Crippen molar-refractivity contribution in [1.82, 2.24) is 19.1 Å². The van der Waals surface area contributed by atoms with Crippen molar-refractivity contribution in [3.8, 4) is 45.3 Å². The van der Waals surface area contributed by atoms with Gasteiger partial charge in [-0.15, -0.1) is 0 Å². The minimum atomic E-state index is 0.693. The fourth-order valence-electron chi connectivity index (χ4n) is 7.51. The van der Waals surface area contributed by atoms with Gasteiger partial charge in [-0.05, 0) is 48.5 Å². The van der Waals surface area contributed by atoms with E-state index < -0.39 is 0 Å². The van der Waals surface area contributed by atoms with E-state index in [1.54, 1.807) is 0 Å². The second-order valence-corrected chi connectivity index (χ2v) is 12.6. The molecule has 0 fully saturated rings. The lowest BCUT2D eigenvalue weighted by Gasteiger charge is -2.13. The van der Waals surface area contributed by atoms with Crippen LogP contribution in [0.1, 0.15) is 0 Å². The molecule has 0 unspecified atom stereocenters. The van der Waals surface area contributed by atoms with Gasteiger partial charge < -0.3 is 9.13 Å². The number of nitrogens with zero attached hydrogens (tertiary/aromatic N) is 4. The normalized spacial score (nSPS) is 11.6. The zero-order chi connectivity index (χ0) is 33.0. The maximum atomic E-state index is 5.15. The molecule has 0 atom stereocenters. The Kier molecular flexibility index (Phi) is 6.46. The molecule has 234 valence electrons. The van der Waals surface area contributed by atoms with Crippen molar-refractivity contribution in [2.24, 2.45) is 0 Å². The molecule has 0 aliphatic rings. The fraction of sp³-hybridized carbons (Fsp3) is 0. The summed E-state index contributed by atoms with van der Waals surface area (Å²) in [5.74, 6) is 0.693. The molecule has 0 N–H and O–H groups in total. The maximum absolute atomic E-state index is 5.15. The first-order valence-electron chi connectivity index (χ1n) is 16.9. The van der Waals surface area contributed by atoms with Crippen molar-refractivity contribution in [2.45, 2.75) is 0 Å². The standard InChI is InChI=1S/C46H30N4/c1-4-15-31(16-5-1)39-30-40(32-17-6-2-7-18-32)48-46(47-39)33-19-14-22-35(29-33)50-41-25-12-10-23-36(41)37-27-28-43-44(45(37)50)38-24-11-13-26-42(38)49(43)34-20-8-3-9-21-34/h1-30H. The Morgan fingerprint density at radius 2 is 0.880 bits per heavy atom. The predicted octanol–water partition coefficient (Wildman–Crippen LogP) is 11.7. The summed E-state index contributed by atoms with van der Waals surface area (Å²) < 4.78 is 4.81. The molecule has 10 rings (SSSR count). The van der Waals surface area contributed by atoms with Crippen molar-refractivity contribution < 1.29 is 0 Å². The summed E-state index contributed by atoms with van der Waals surface area (Å²) in [7, 11) is 0. The quantitative estimate of drug-likeness (QED) is 0.188. The molecule has 0 amide bonds. The van der Waals surface area contributed by atoms with Crippen LogP contribution in [0.2, 0.25) is 0 Å². The predicted molar refractivity (Wildman–Crippen MR) is 207 cm³/mol. The number of fused-ring (bicyclic) bond motifs is 7. The Morgan fingerprint density at radius 1 is 0.340 bits per heavy atom. The first kappa shape index (κ1) is 28.3. The highest BCUT2D eigenvalue weighted by Crippen LogP contribution is 2.42. The Balaban J connectivity index is 1.25. The number of para-hydroxylation sites is 3. The molecular formula is C46H30N4. The maximum Gasteiger partial charge on any atom is 0.160 e. The van der Waals surface area contributed by atoms with Crippen molar-refractivity contribution in [3.63, 3.8) is 0 Å². The van der Waals surface area contributed by atoms with Crippen LogP contribution in [0.4, 0.5) is 0 Å². The molecule has 10 aromatic rings. The summed E-state index contributed by atoms with van der Waals surface area (Å²) in [5.41, 5.74) is 11.8. The number of benzene rings is 7. The van der Waals surface area contributed by atoms with Gasteiger partial charge in [0.15, 0.2) is 5.82 Å². The van der Waals surface area contributed by atoms with Crippen LogP contribution in [0.5, 0.6) is 0 Å². The van der Waals surface area contributed by atoms with Crippen molar-refractivity contribution >= 4 is 43.6 Å². The SMILES string of the molecule is c1ccc(-c2cc(-c3ccccc3)nc(-c3cccc(-n4c5ccccc5c5ccc6c(c7ccccc7n6-c6ccccc6)c54)c3)n2)cc1. The van der Waals surface area contributed by atoms with Gasteiger partial charge in [-0.2, -0.15) is 0 Å². The largest absolute Gasteiger partial charge is 0.309 e. The van der Waals surface area contributed by atoms with Crippen LogP contribution in [0, 0.1) is 0 Å². The Labute approximate surface area is 289 Å². The fourth-order valence-corrected chi connectivity index (χ4v) is 7.51. The lowest BCUT2D eigenvalue weighted by Crippen LogP contribution is -1.98. The Bertz CT molecular complexity index is 2790. The van der Waals surface area contributed by atoms with E-state index in [0.29, 0.717) is 5.82 Å². The van der Waals surface area contributed by atoms with Crippen LogP contribution in [-0.4, -0.2) is 19.1 Å². The molecule has 0 saturated carbocycles. The van der Waals surface area contributed by atoms with Gasteiger partial charge in [-0.25, -0.2) is 9.97 Å². The van der Waals surface area contributed by atoms with Crippen molar-refractivity contribution in [1.29, 1.82) is 0 Å². The second-order valence-electron chi connectivity index (χ2n) is 12.6. The molecule has 7 aromatic carbocycles. The van der Waals surface area contributed by atoms with E-state index in [0.717, 1.165) is 45.0 Å². The van der Waals surface area contributed by atoms with Gasteiger partial charge in [0, 0.05) is 49.6 Å². The highest BCUT2D eigenvalue weighted by Gasteiger charge is 2.21. The van der Waals surface area contributed by atoms with Gasteiger partial charge in [-0.3, -0.25) is 0 Å². The molecule has 3 aromatic heterocycles. The topological polar surface area (TPSA) is 35.6 Å². The highest BCUT2D eigenvalue weighted by atomic mass is 15.0. The summed E-state index contributed by atoms with van der Waals surface area (Å²) in [5, 5.41) is 4.91. The molecule has 0 aliphatic heterocycles. The minimum Gasteiger partial charge on any atom is -0.309 e. The first-order chi connectivity index (χ1) is 24.8. The van der Waals surface area contributed by atoms with Gasteiger partial charge in [0.05, 0.1) is 33.5 Å². The number of hydrogen-bond acceptors (Lipinski definition) is 2. The number of hydrogen-bond donors (Lipinski definition) is 0. The monoisotopic (exact) mass is 638 g/mol. The van der Waals surface area contributed by atoms with E-state index in [9.17, 15) is 0 Å². The summed E-state index contributed by atoms with van der Waals surface area (Å²) in [4.78, 5) is 10.3. The van der Waals surface area contributed by atoms with Crippen LogP contribution in [0.25, 0.3) is 88.9 Å². The van der Waals surface area contributed by atoms with E-state index in [2.05, 4.69) is 179 Å². The number of rotatable bonds is 5. The van der Waals surface area contributed by atoms with Gasteiger partial charge in [0.2, 0.25) is 0 Å². The second kappa shape index (κ2) is 11.4. The summed E-state index contributed by atoms with van der Waals surface area (Å²) in [6, 6.07) is 64.2. The summed E-state index contributed by atoms with van der Waals surface area (Å²) >= 11 is 0. The summed E-state index contributed by atoms with van der Waals surface area (Å²) in [6.45, 7) is 0. The molecule has 0 aliphatic carbocycles. The van der Waals surface area contributed by atoms with Crippen LogP contribution >= 0.6 is 0 Å². The molecule has 0 spiro atoms. The zero-order valence-corrected chi connectivity index (χ0v) is 27.1. The van der Waals surface area contributed by atoms with E-state index in [-0.39, 0.29) is 0 Å². The molecule has 4 nitrogen and oxygen atoms in total. The van der Waals surface area contributed by atoms with Gasteiger partial charge in [0.1, 0.15) is 0 Å². The molecule has 4 heteroatoms. The third-order valence-corrected chi connectivity index (χ3v) is 9.71. The third-order valence-electron chi connectivity index (χ3n) is 9.71.